The summed E-state index contributed by atoms with van der Waals surface area (Å²) in [6.45, 7) is 0. The Kier molecular flexibility index (Phi) is 5.90. The van der Waals surface area contributed by atoms with Crippen molar-refractivity contribution < 1.29 is 9.50 Å². The lowest BCUT2D eigenvalue weighted by atomic mass is 10.1. The first-order valence-electron chi connectivity index (χ1n) is 6.05. The molecule has 0 spiro atoms. The first kappa shape index (κ1) is 15.8. The van der Waals surface area contributed by atoms with Crippen molar-refractivity contribution in [3.05, 3.63) is 63.3 Å². The summed E-state index contributed by atoms with van der Waals surface area (Å²) in [6, 6.07) is 11.9. The predicted molar refractivity (Wildman–Crippen MR) is 86.0 cm³/mol. The van der Waals surface area contributed by atoms with Crippen LogP contribution in [0, 0.1) is 5.82 Å². The maximum Gasteiger partial charge on any atom is 0.123 e. The van der Waals surface area contributed by atoms with E-state index in [4.69, 9.17) is 11.6 Å². The summed E-state index contributed by atoms with van der Waals surface area (Å²) in [5.41, 5.74) is 0.919. The fourth-order valence-corrected chi connectivity index (χ4v) is 3.31. The maximum absolute atomic E-state index is 12.8. The van der Waals surface area contributed by atoms with E-state index in [2.05, 4.69) is 15.9 Å². The lowest BCUT2D eigenvalue weighted by Gasteiger charge is -2.12. The van der Waals surface area contributed by atoms with Gasteiger partial charge < -0.3 is 5.11 Å². The molecule has 0 saturated heterocycles. The molecule has 0 aromatic heterocycles. The molecule has 0 heterocycles. The van der Waals surface area contributed by atoms with Gasteiger partial charge in [-0.25, -0.2) is 4.39 Å². The Bertz CT molecular complexity index is 577. The molecule has 20 heavy (non-hydrogen) atoms. The molecule has 2 aromatic carbocycles. The molecule has 106 valence electrons. The number of thioether (sulfide) groups is 1. The van der Waals surface area contributed by atoms with Gasteiger partial charge in [-0.1, -0.05) is 33.6 Å². The summed E-state index contributed by atoms with van der Waals surface area (Å²) >= 11 is 11.0. The molecule has 2 rings (SSSR count). The number of halogens is 3. The van der Waals surface area contributed by atoms with Crippen molar-refractivity contribution in [1.29, 1.82) is 0 Å². The van der Waals surface area contributed by atoms with E-state index in [0.29, 0.717) is 17.2 Å². The Labute approximate surface area is 135 Å². The topological polar surface area (TPSA) is 20.2 Å². The van der Waals surface area contributed by atoms with E-state index >= 15 is 0 Å². The van der Waals surface area contributed by atoms with Crippen LogP contribution >= 0.6 is 39.3 Å². The minimum Gasteiger partial charge on any atom is -0.392 e. The second-order valence-electron chi connectivity index (χ2n) is 4.36. The van der Waals surface area contributed by atoms with Gasteiger partial charge in [0.2, 0.25) is 0 Å². The highest BCUT2D eigenvalue weighted by atomic mass is 79.9. The van der Waals surface area contributed by atoms with Crippen molar-refractivity contribution in [2.24, 2.45) is 0 Å². The molecule has 1 unspecified atom stereocenters. The van der Waals surface area contributed by atoms with Crippen molar-refractivity contribution in [3.63, 3.8) is 0 Å². The lowest BCUT2D eigenvalue weighted by Crippen LogP contribution is -2.13. The molecule has 0 bridgehead atoms. The van der Waals surface area contributed by atoms with Gasteiger partial charge >= 0.3 is 0 Å². The fraction of sp³-hybridized carbons (Fsp3) is 0.200. The molecule has 0 aliphatic rings. The SMILES string of the molecule is OC(CSc1ccc(F)cc1)Cc1ccc(Br)cc1Cl. The van der Waals surface area contributed by atoms with E-state index in [-0.39, 0.29) is 5.82 Å². The van der Waals surface area contributed by atoms with Crippen molar-refractivity contribution in [2.75, 3.05) is 5.75 Å². The van der Waals surface area contributed by atoms with Gasteiger partial charge in [-0.2, -0.15) is 0 Å². The molecule has 0 amide bonds. The Balaban J connectivity index is 1.89. The van der Waals surface area contributed by atoms with Gasteiger partial charge in [0.15, 0.2) is 0 Å². The second kappa shape index (κ2) is 7.46. The number of aliphatic hydroxyl groups excluding tert-OH is 1. The summed E-state index contributed by atoms with van der Waals surface area (Å²) < 4.78 is 13.7. The summed E-state index contributed by atoms with van der Waals surface area (Å²) in [4.78, 5) is 0.937. The summed E-state index contributed by atoms with van der Waals surface area (Å²) in [5.74, 6) is 0.287. The van der Waals surface area contributed by atoms with Crippen LogP contribution in [0.2, 0.25) is 5.02 Å². The number of rotatable bonds is 5. The highest BCUT2D eigenvalue weighted by Gasteiger charge is 2.09. The van der Waals surface area contributed by atoms with Crippen molar-refractivity contribution in [3.8, 4) is 0 Å². The van der Waals surface area contributed by atoms with E-state index in [1.54, 1.807) is 12.1 Å². The molecule has 1 nitrogen and oxygen atoms in total. The van der Waals surface area contributed by atoms with Gasteiger partial charge in [-0.15, -0.1) is 11.8 Å². The molecule has 1 N–H and O–H groups in total. The van der Waals surface area contributed by atoms with Crippen LogP contribution < -0.4 is 0 Å². The molecular formula is C15H13BrClFOS. The van der Waals surface area contributed by atoms with Gasteiger partial charge in [0.25, 0.3) is 0 Å². The molecule has 5 heteroatoms. The van der Waals surface area contributed by atoms with Crippen LogP contribution in [0.1, 0.15) is 5.56 Å². The highest BCUT2D eigenvalue weighted by Crippen LogP contribution is 2.24. The van der Waals surface area contributed by atoms with E-state index in [1.165, 1.54) is 23.9 Å². The van der Waals surface area contributed by atoms with Gasteiger partial charge in [0.05, 0.1) is 6.10 Å². The maximum atomic E-state index is 12.8. The summed E-state index contributed by atoms with van der Waals surface area (Å²) in [7, 11) is 0. The minimum absolute atomic E-state index is 0.253. The number of aliphatic hydroxyl groups is 1. The third-order valence-corrected chi connectivity index (χ3v) is 4.73. The van der Waals surface area contributed by atoms with Crippen LogP contribution in [0.5, 0.6) is 0 Å². The van der Waals surface area contributed by atoms with E-state index in [1.807, 2.05) is 18.2 Å². The van der Waals surface area contributed by atoms with Crippen molar-refractivity contribution in [1.82, 2.24) is 0 Å². The zero-order chi connectivity index (χ0) is 14.5. The first-order chi connectivity index (χ1) is 9.54. The third kappa shape index (κ3) is 4.77. The Morgan fingerprint density at radius 3 is 2.55 bits per heavy atom. The molecule has 0 aliphatic carbocycles. The average molecular weight is 376 g/mol. The van der Waals surface area contributed by atoms with Crippen LogP contribution in [0.15, 0.2) is 51.8 Å². The summed E-state index contributed by atoms with van der Waals surface area (Å²) in [6.07, 6.45) is 0.00376. The van der Waals surface area contributed by atoms with E-state index in [9.17, 15) is 9.50 Å². The first-order valence-corrected chi connectivity index (χ1v) is 8.20. The van der Waals surface area contributed by atoms with Crippen molar-refractivity contribution in [2.45, 2.75) is 17.4 Å². The van der Waals surface area contributed by atoms with Gasteiger partial charge in [0, 0.05) is 26.6 Å². The minimum atomic E-state index is -0.497. The zero-order valence-corrected chi connectivity index (χ0v) is 13.7. The Morgan fingerprint density at radius 1 is 1.20 bits per heavy atom. The van der Waals surface area contributed by atoms with E-state index < -0.39 is 6.10 Å². The molecule has 2 aromatic rings. The zero-order valence-electron chi connectivity index (χ0n) is 10.5. The molecule has 0 radical (unpaired) electrons. The monoisotopic (exact) mass is 374 g/mol. The average Bonchev–Trinajstić information content (AvgIpc) is 2.41. The molecule has 1 atom stereocenters. The number of hydrogen-bond donors (Lipinski definition) is 1. The number of benzene rings is 2. The van der Waals surface area contributed by atoms with Gasteiger partial charge in [-0.05, 0) is 42.0 Å². The smallest absolute Gasteiger partial charge is 0.123 e. The predicted octanol–water partition coefficient (Wildman–Crippen LogP) is 4.94. The van der Waals surface area contributed by atoms with Gasteiger partial charge in [0.1, 0.15) is 5.82 Å². The third-order valence-electron chi connectivity index (χ3n) is 2.73. The van der Waals surface area contributed by atoms with Crippen LogP contribution in [0.3, 0.4) is 0 Å². The van der Waals surface area contributed by atoms with Crippen LogP contribution in [0.25, 0.3) is 0 Å². The molecular weight excluding hydrogens is 363 g/mol. The van der Waals surface area contributed by atoms with Crippen LogP contribution in [0.4, 0.5) is 4.39 Å². The molecule has 0 fully saturated rings. The summed E-state index contributed by atoms with van der Waals surface area (Å²) in [5, 5.41) is 10.7. The van der Waals surface area contributed by atoms with Crippen LogP contribution in [-0.2, 0) is 6.42 Å². The van der Waals surface area contributed by atoms with Crippen molar-refractivity contribution >= 4 is 39.3 Å². The van der Waals surface area contributed by atoms with Gasteiger partial charge in [-0.3, -0.25) is 0 Å². The van der Waals surface area contributed by atoms with E-state index in [0.717, 1.165) is 14.9 Å². The molecule has 0 aliphatic heterocycles. The normalized spacial score (nSPS) is 12.4. The Hall–Kier alpha value is -0.550. The largest absolute Gasteiger partial charge is 0.392 e. The second-order valence-corrected chi connectivity index (χ2v) is 6.77. The molecule has 0 saturated carbocycles. The Morgan fingerprint density at radius 2 is 1.90 bits per heavy atom. The number of hydrogen-bond acceptors (Lipinski definition) is 2. The highest BCUT2D eigenvalue weighted by molar-refractivity contribution is 9.10. The standard InChI is InChI=1S/C15H13BrClFOS/c16-11-2-1-10(15(17)8-11)7-13(19)9-20-14-5-3-12(18)4-6-14/h1-6,8,13,19H,7,9H2. The fourth-order valence-electron chi connectivity index (χ4n) is 1.72. The van der Waals surface area contributed by atoms with Crippen LogP contribution in [-0.4, -0.2) is 17.0 Å². The lowest BCUT2D eigenvalue weighted by molar-refractivity contribution is 0.200. The quantitative estimate of drug-likeness (QED) is 0.747.